The summed E-state index contributed by atoms with van der Waals surface area (Å²) in [6.45, 7) is 5.27. The van der Waals surface area contributed by atoms with E-state index < -0.39 is 0 Å². The Hall–Kier alpha value is -2.20. The second-order valence-electron chi connectivity index (χ2n) is 7.69. The molecule has 3 aliphatic rings. The van der Waals surface area contributed by atoms with Gasteiger partial charge in [0.1, 0.15) is 5.82 Å². The molecule has 3 aliphatic heterocycles. The Morgan fingerprint density at radius 2 is 1.88 bits per heavy atom. The molecule has 1 amide bonds. The van der Waals surface area contributed by atoms with E-state index in [0.717, 1.165) is 43.7 Å². The molecule has 0 spiro atoms. The van der Waals surface area contributed by atoms with Crippen molar-refractivity contribution in [3.8, 4) is 0 Å². The highest BCUT2D eigenvalue weighted by atomic mass is 19.1. The summed E-state index contributed by atoms with van der Waals surface area (Å²) in [5.41, 5.74) is 2.62. The number of carbonyl (C=O) groups is 1. The number of piperidine rings is 1. The van der Waals surface area contributed by atoms with Crippen LogP contribution in [0.4, 0.5) is 4.39 Å². The fourth-order valence-electron chi connectivity index (χ4n) is 4.34. The number of fused-ring (bicyclic) bond motifs is 4. The molecule has 4 heteroatoms. The third-order valence-corrected chi connectivity index (χ3v) is 5.74. The zero-order chi connectivity index (χ0) is 18.1. The van der Waals surface area contributed by atoms with Crippen LogP contribution in [0.5, 0.6) is 0 Å². The van der Waals surface area contributed by atoms with Crippen LogP contribution in [0.25, 0.3) is 0 Å². The van der Waals surface area contributed by atoms with Crippen molar-refractivity contribution in [2.45, 2.75) is 32.4 Å². The van der Waals surface area contributed by atoms with Crippen molar-refractivity contribution in [2.24, 2.45) is 5.92 Å². The number of carbonyl (C=O) groups excluding carboxylic acids is 1. The maximum Gasteiger partial charge on any atom is 0.253 e. The van der Waals surface area contributed by atoms with E-state index in [0.29, 0.717) is 17.5 Å². The predicted molar refractivity (Wildman–Crippen MR) is 100 cm³/mol. The van der Waals surface area contributed by atoms with Crippen molar-refractivity contribution in [1.82, 2.24) is 9.80 Å². The Balaban J connectivity index is 1.49. The Labute approximate surface area is 154 Å². The molecule has 3 heterocycles. The summed E-state index contributed by atoms with van der Waals surface area (Å²) in [5, 5.41) is 0. The normalized spacial score (nSPS) is 23.1. The van der Waals surface area contributed by atoms with Gasteiger partial charge in [-0.3, -0.25) is 9.69 Å². The number of aryl methyl sites for hydroxylation is 1. The lowest BCUT2D eigenvalue weighted by Crippen LogP contribution is -2.43. The molecule has 0 radical (unpaired) electrons. The van der Waals surface area contributed by atoms with Gasteiger partial charge in [0.25, 0.3) is 5.91 Å². The van der Waals surface area contributed by atoms with Crippen LogP contribution >= 0.6 is 0 Å². The van der Waals surface area contributed by atoms with E-state index in [1.165, 1.54) is 6.42 Å². The second-order valence-corrected chi connectivity index (χ2v) is 7.69. The van der Waals surface area contributed by atoms with Crippen molar-refractivity contribution in [2.75, 3.05) is 19.6 Å². The van der Waals surface area contributed by atoms with Gasteiger partial charge >= 0.3 is 0 Å². The van der Waals surface area contributed by atoms with Crippen LogP contribution in [0.3, 0.4) is 0 Å². The minimum Gasteiger partial charge on any atom is -0.337 e. The van der Waals surface area contributed by atoms with E-state index >= 15 is 0 Å². The molecular formula is C22H25FN2O. The molecule has 3 saturated heterocycles. The number of benzene rings is 2. The van der Waals surface area contributed by atoms with Gasteiger partial charge in [-0.2, -0.15) is 0 Å². The Morgan fingerprint density at radius 3 is 2.65 bits per heavy atom. The van der Waals surface area contributed by atoms with Crippen molar-refractivity contribution in [3.63, 3.8) is 0 Å². The van der Waals surface area contributed by atoms with Gasteiger partial charge in [-0.1, -0.05) is 30.3 Å². The molecule has 0 unspecified atom stereocenters. The van der Waals surface area contributed by atoms with Crippen molar-refractivity contribution >= 4 is 5.91 Å². The van der Waals surface area contributed by atoms with Crippen LogP contribution in [-0.2, 0) is 6.54 Å². The van der Waals surface area contributed by atoms with Crippen molar-refractivity contribution < 1.29 is 9.18 Å². The van der Waals surface area contributed by atoms with Gasteiger partial charge in [-0.05, 0) is 55.0 Å². The molecule has 5 rings (SSSR count). The molecule has 2 aromatic rings. The number of amides is 1. The van der Waals surface area contributed by atoms with Crippen LogP contribution in [0, 0.1) is 18.7 Å². The van der Waals surface area contributed by atoms with E-state index in [4.69, 9.17) is 0 Å². The molecule has 3 fully saturated rings. The molecular weight excluding hydrogens is 327 g/mol. The van der Waals surface area contributed by atoms with Gasteiger partial charge in [0.2, 0.25) is 0 Å². The quantitative estimate of drug-likeness (QED) is 0.837. The van der Waals surface area contributed by atoms with Crippen LogP contribution in [0.2, 0.25) is 0 Å². The average molecular weight is 352 g/mol. The molecule has 136 valence electrons. The summed E-state index contributed by atoms with van der Waals surface area (Å²) in [6.07, 6.45) is 2.31. The van der Waals surface area contributed by atoms with Crippen LogP contribution in [0.15, 0.2) is 48.5 Å². The molecule has 0 N–H and O–H groups in total. The summed E-state index contributed by atoms with van der Waals surface area (Å²) in [5.74, 6) is 0.510. The Bertz CT molecular complexity index is 792. The number of halogens is 1. The summed E-state index contributed by atoms with van der Waals surface area (Å²) in [7, 11) is 0. The maximum atomic E-state index is 13.5. The summed E-state index contributed by atoms with van der Waals surface area (Å²) in [6, 6.07) is 15.3. The van der Waals surface area contributed by atoms with Crippen LogP contribution < -0.4 is 0 Å². The molecule has 2 aromatic carbocycles. The monoisotopic (exact) mass is 352 g/mol. The van der Waals surface area contributed by atoms with E-state index in [-0.39, 0.29) is 11.7 Å². The largest absolute Gasteiger partial charge is 0.337 e. The molecule has 3 nitrogen and oxygen atoms in total. The van der Waals surface area contributed by atoms with E-state index in [1.807, 2.05) is 54.3 Å². The summed E-state index contributed by atoms with van der Waals surface area (Å²) >= 11 is 0. The number of nitrogens with zero attached hydrogens (tertiary/aromatic N) is 2. The van der Waals surface area contributed by atoms with Gasteiger partial charge in [-0.15, -0.1) is 0 Å². The first kappa shape index (κ1) is 17.2. The summed E-state index contributed by atoms with van der Waals surface area (Å²) < 4.78 is 13.5. The molecule has 0 aliphatic carbocycles. The standard InChI is InChI=1S/C22H25FN2O/c1-16-11-17(8-10-21(16)23)12-24-13-18-7-9-20(24)15-25(14-18)22(26)19-5-3-2-4-6-19/h2-6,8,10-11,18,20H,7,9,12-15H2,1H3/t18-,20-/m1/s1. The lowest BCUT2D eigenvalue weighted by molar-refractivity contribution is 0.0736. The Morgan fingerprint density at radius 1 is 1.08 bits per heavy atom. The number of hydrogen-bond donors (Lipinski definition) is 0. The molecule has 26 heavy (non-hydrogen) atoms. The zero-order valence-corrected chi connectivity index (χ0v) is 15.2. The third kappa shape index (κ3) is 3.51. The smallest absolute Gasteiger partial charge is 0.253 e. The van der Waals surface area contributed by atoms with Gasteiger partial charge < -0.3 is 4.90 Å². The van der Waals surface area contributed by atoms with Crippen molar-refractivity contribution in [3.05, 3.63) is 71.0 Å². The number of rotatable bonds is 3. The first-order valence-electron chi connectivity index (χ1n) is 9.43. The highest BCUT2D eigenvalue weighted by Crippen LogP contribution is 2.30. The maximum absolute atomic E-state index is 13.5. The molecule has 0 aromatic heterocycles. The highest BCUT2D eigenvalue weighted by molar-refractivity contribution is 5.94. The van der Waals surface area contributed by atoms with Crippen molar-refractivity contribution in [1.29, 1.82) is 0 Å². The lowest BCUT2D eigenvalue weighted by atomic mass is 9.94. The second kappa shape index (κ2) is 7.20. The highest BCUT2D eigenvalue weighted by Gasteiger charge is 2.36. The number of hydrogen-bond acceptors (Lipinski definition) is 2. The third-order valence-electron chi connectivity index (χ3n) is 5.74. The SMILES string of the molecule is Cc1cc(CN2C[C@H]3CC[C@@H]2CN(C(=O)c2ccccc2)C3)ccc1F. The van der Waals surface area contributed by atoms with Crippen LogP contribution in [0.1, 0.15) is 34.3 Å². The first-order chi connectivity index (χ1) is 12.6. The van der Waals surface area contributed by atoms with Gasteiger partial charge in [0, 0.05) is 37.8 Å². The molecule has 2 atom stereocenters. The lowest BCUT2D eigenvalue weighted by Gasteiger charge is -2.36. The fourth-order valence-corrected chi connectivity index (χ4v) is 4.34. The summed E-state index contributed by atoms with van der Waals surface area (Å²) in [4.78, 5) is 17.4. The van der Waals surface area contributed by atoms with E-state index in [9.17, 15) is 9.18 Å². The average Bonchev–Trinajstić information content (AvgIpc) is 2.97. The molecule has 0 saturated carbocycles. The van der Waals surface area contributed by atoms with E-state index in [2.05, 4.69) is 4.90 Å². The Kier molecular flexibility index (Phi) is 4.77. The topological polar surface area (TPSA) is 23.6 Å². The van der Waals surface area contributed by atoms with Gasteiger partial charge in [0.05, 0.1) is 0 Å². The van der Waals surface area contributed by atoms with Gasteiger partial charge in [0.15, 0.2) is 0 Å². The van der Waals surface area contributed by atoms with E-state index in [1.54, 1.807) is 6.07 Å². The van der Waals surface area contributed by atoms with Gasteiger partial charge in [-0.25, -0.2) is 4.39 Å². The zero-order valence-electron chi connectivity index (χ0n) is 15.2. The molecule has 2 bridgehead atoms. The fraction of sp³-hybridized carbons (Fsp3) is 0.409. The first-order valence-corrected chi connectivity index (χ1v) is 9.43. The van der Waals surface area contributed by atoms with Crippen LogP contribution in [-0.4, -0.2) is 41.4 Å². The minimum atomic E-state index is -0.147. The minimum absolute atomic E-state index is 0.141. The predicted octanol–water partition coefficient (Wildman–Crippen LogP) is 3.87.